The van der Waals surface area contributed by atoms with E-state index in [2.05, 4.69) is 63.3 Å². The summed E-state index contributed by atoms with van der Waals surface area (Å²) in [6.07, 6.45) is 5.54. The summed E-state index contributed by atoms with van der Waals surface area (Å²) < 4.78 is 0. The van der Waals surface area contributed by atoms with Gasteiger partial charge in [-0.25, -0.2) is 0 Å². The maximum atomic E-state index is 2.28. The van der Waals surface area contributed by atoms with Gasteiger partial charge in [0.25, 0.3) is 0 Å². The van der Waals surface area contributed by atoms with Crippen LogP contribution in [0.3, 0.4) is 0 Å². The zero-order valence-electron chi connectivity index (χ0n) is 10.2. The van der Waals surface area contributed by atoms with Gasteiger partial charge in [-0.3, -0.25) is 0 Å². The van der Waals surface area contributed by atoms with Gasteiger partial charge in [0.2, 0.25) is 0 Å². The number of allylic oxidation sites excluding steroid dienone is 1. The van der Waals surface area contributed by atoms with Gasteiger partial charge in [-0.2, -0.15) is 0 Å². The van der Waals surface area contributed by atoms with E-state index in [-0.39, 0.29) is 0 Å². The molecule has 2 rings (SSSR count). The minimum Gasteiger partial charge on any atom is -0.0842 e. The van der Waals surface area contributed by atoms with Crippen molar-refractivity contribution in [1.29, 1.82) is 0 Å². The molecule has 0 unspecified atom stereocenters. The summed E-state index contributed by atoms with van der Waals surface area (Å²) >= 11 is 0. The largest absolute Gasteiger partial charge is 0.0842 e. The molecule has 0 aromatic heterocycles. The van der Waals surface area contributed by atoms with Gasteiger partial charge in [0.15, 0.2) is 0 Å². The average Bonchev–Trinajstić information content (AvgIpc) is 2.32. The predicted molar refractivity (Wildman–Crippen MR) is 72.7 cm³/mol. The van der Waals surface area contributed by atoms with Gasteiger partial charge < -0.3 is 0 Å². The van der Waals surface area contributed by atoms with Crippen LogP contribution in [0.15, 0.2) is 36.4 Å². The van der Waals surface area contributed by atoms with Crippen LogP contribution in [0.1, 0.15) is 30.0 Å². The van der Waals surface area contributed by atoms with E-state index in [4.69, 9.17) is 0 Å². The summed E-state index contributed by atoms with van der Waals surface area (Å²) in [5.74, 6) is 0. The van der Waals surface area contributed by atoms with Crippen LogP contribution < -0.4 is 0 Å². The molecule has 0 heterocycles. The van der Waals surface area contributed by atoms with Crippen molar-refractivity contribution in [2.24, 2.45) is 0 Å². The highest BCUT2D eigenvalue weighted by Gasteiger charge is 2.03. The van der Waals surface area contributed by atoms with E-state index in [0.29, 0.717) is 0 Å². The molecule has 0 spiro atoms. The van der Waals surface area contributed by atoms with E-state index in [9.17, 15) is 0 Å². The third-order valence-corrected chi connectivity index (χ3v) is 3.20. The number of hydrogen-bond acceptors (Lipinski definition) is 0. The molecule has 16 heavy (non-hydrogen) atoms. The molecule has 0 nitrogen and oxygen atoms in total. The van der Waals surface area contributed by atoms with E-state index < -0.39 is 0 Å². The highest BCUT2D eigenvalue weighted by atomic mass is 14.1. The minimum atomic E-state index is 1.09. The van der Waals surface area contributed by atoms with Crippen LogP contribution in [0, 0.1) is 13.8 Å². The van der Waals surface area contributed by atoms with Gasteiger partial charge in [0.1, 0.15) is 0 Å². The van der Waals surface area contributed by atoms with Gasteiger partial charge in [0, 0.05) is 0 Å². The molecule has 0 radical (unpaired) electrons. The van der Waals surface area contributed by atoms with E-state index >= 15 is 0 Å². The Labute approximate surface area is 97.6 Å². The Balaban J connectivity index is 2.68. The Bertz CT molecular complexity index is 533. The summed E-state index contributed by atoms with van der Waals surface area (Å²) in [5, 5.41) is 2.70. The second-order valence-corrected chi connectivity index (χ2v) is 4.25. The van der Waals surface area contributed by atoms with Crippen LogP contribution >= 0.6 is 0 Å². The second-order valence-electron chi connectivity index (χ2n) is 4.25. The predicted octanol–water partition coefficient (Wildman–Crippen LogP) is 4.88. The van der Waals surface area contributed by atoms with Crippen molar-refractivity contribution in [3.63, 3.8) is 0 Å². The number of hydrogen-bond donors (Lipinski definition) is 0. The van der Waals surface area contributed by atoms with Crippen molar-refractivity contribution in [2.45, 2.75) is 27.2 Å². The maximum Gasteiger partial charge on any atom is -0.0152 e. The first-order valence-electron chi connectivity index (χ1n) is 5.89. The topological polar surface area (TPSA) is 0 Å². The smallest absolute Gasteiger partial charge is 0.0152 e. The lowest BCUT2D eigenvalue weighted by molar-refractivity contribution is 1.23. The SMILES string of the molecule is CCC=Cc1cc2ccccc2c(C)c1C. The molecule has 2 aromatic rings. The fourth-order valence-corrected chi connectivity index (χ4v) is 2.08. The van der Waals surface area contributed by atoms with Gasteiger partial charge in [-0.05, 0) is 53.8 Å². The fraction of sp³-hybridized carbons (Fsp3) is 0.250. The number of aryl methyl sites for hydroxylation is 1. The van der Waals surface area contributed by atoms with Gasteiger partial charge >= 0.3 is 0 Å². The van der Waals surface area contributed by atoms with Gasteiger partial charge in [-0.1, -0.05) is 43.3 Å². The standard InChI is InChI=1S/C16H18/c1-4-5-8-14-11-15-9-6-7-10-16(15)13(3)12(14)2/h5-11H,4H2,1-3H3. The zero-order valence-corrected chi connectivity index (χ0v) is 10.2. The van der Waals surface area contributed by atoms with E-state index in [1.54, 1.807) is 0 Å². The molecule has 0 saturated carbocycles. The first kappa shape index (κ1) is 10.9. The number of benzene rings is 2. The Morgan fingerprint density at radius 1 is 1.06 bits per heavy atom. The third-order valence-electron chi connectivity index (χ3n) is 3.20. The van der Waals surface area contributed by atoms with Crippen molar-refractivity contribution >= 4 is 16.8 Å². The summed E-state index contributed by atoms with van der Waals surface area (Å²) in [7, 11) is 0. The van der Waals surface area contributed by atoms with Crippen LogP contribution in [-0.2, 0) is 0 Å². The third kappa shape index (κ3) is 1.88. The Morgan fingerprint density at radius 3 is 2.56 bits per heavy atom. The van der Waals surface area contributed by atoms with E-state index in [1.165, 1.54) is 27.5 Å². The van der Waals surface area contributed by atoms with Crippen molar-refractivity contribution in [1.82, 2.24) is 0 Å². The molecule has 0 heteroatoms. The minimum absolute atomic E-state index is 1.09. The molecule has 0 amide bonds. The molecule has 82 valence electrons. The van der Waals surface area contributed by atoms with E-state index in [1.807, 2.05) is 0 Å². The molecular formula is C16H18. The maximum absolute atomic E-state index is 2.28. The van der Waals surface area contributed by atoms with Crippen LogP contribution in [0.25, 0.3) is 16.8 Å². The number of fused-ring (bicyclic) bond motifs is 1. The van der Waals surface area contributed by atoms with Crippen LogP contribution in [0.4, 0.5) is 0 Å². The first-order chi connectivity index (χ1) is 7.74. The molecule has 0 aliphatic heterocycles. The lowest BCUT2D eigenvalue weighted by Crippen LogP contribution is -1.88. The monoisotopic (exact) mass is 210 g/mol. The Kier molecular flexibility index (Phi) is 3.09. The molecule has 0 atom stereocenters. The zero-order chi connectivity index (χ0) is 11.5. The second kappa shape index (κ2) is 4.52. The van der Waals surface area contributed by atoms with Crippen LogP contribution in [0.5, 0.6) is 0 Å². The van der Waals surface area contributed by atoms with Gasteiger partial charge in [0.05, 0.1) is 0 Å². The molecule has 0 saturated heterocycles. The molecule has 0 N–H and O–H groups in total. The van der Waals surface area contributed by atoms with Gasteiger partial charge in [-0.15, -0.1) is 0 Å². The van der Waals surface area contributed by atoms with Crippen molar-refractivity contribution < 1.29 is 0 Å². The molecular weight excluding hydrogens is 192 g/mol. The molecule has 0 bridgehead atoms. The quantitative estimate of drug-likeness (QED) is 0.662. The van der Waals surface area contributed by atoms with Crippen molar-refractivity contribution in [3.8, 4) is 0 Å². The first-order valence-corrected chi connectivity index (χ1v) is 5.89. The van der Waals surface area contributed by atoms with Crippen molar-refractivity contribution in [2.75, 3.05) is 0 Å². The normalized spacial score (nSPS) is 11.4. The molecule has 2 aromatic carbocycles. The molecule has 0 fully saturated rings. The summed E-state index contributed by atoms with van der Waals surface area (Å²) in [6.45, 7) is 6.58. The molecule has 0 aliphatic carbocycles. The lowest BCUT2D eigenvalue weighted by Gasteiger charge is -2.09. The Hall–Kier alpha value is -1.56. The highest BCUT2D eigenvalue weighted by molar-refractivity contribution is 5.89. The average molecular weight is 210 g/mol. The summed E-state index contributed by atoms with van der Waals surface area (Å²) in [4.78, 5) is 0. The van der Waals surface area contributed by atoms with Crippen LogP contribution in [-0.4, -0.2) is 0 Å². The van der Waals surface area contributed by atoms with Crippen molar-refractivity contribution in [3.05, 3.63) is 53.1 Å². The molecule has 0 aliphatic rings. The Morgan fingerprint density at radius 2 is 1.81 bits per heavy atom. The summed E-state index contributed by atoms with van der Waals surface area (Å²) in [6, 6.07) is 10.9. The number of rotatable bonds is 2. The lowest BCUT2D eigenvalue weighted by atomic mass is 9.95. The summed E-state index contributed by atoms with van der Waals surface area (Å²) in [5.41, 5.74) is 4.13. The highest BCUT2D eigenvalue weighted by Crippen LogP contribution is 2.25. The fourth-order valence-electron chi connectivity index (χ4n) is 2.08. The van der Waals surface area contributed by atoms with Crippen LogP contribution in [0.2, 0.25) is 0 Å². The van der Waals surface area contributed by atoms with E-state index in [0.717, 1.165) is 6.42 Å².